The van der Waals surface area contributed by atoms with Crippen LogP contribution >= 0.6 is 0 Å². The van der Waals surface area contributed by atoms with Crippen LogP contribution in [0.3, 0.4) is 0 Å². The molecule has 2 heterocycles. The Morgan fingerprint density at radius 1 is 1.41 bits per heavy atom. The van der Waals surface area contributed by atoms with Crippen LogP contribution in [0, 0.1) is 0 Å². The lowest BCUT2D eigenvalue weighted by atomic mass is 9.92. The molecule has 0 aromatic rings. The third-order valence-corrected chi connectivity index (χ3v) is 2.19. The zero-order chi connectivity index (χ0) is 13.1. The summed E-state index contributed by atoms with van der Waals surface area (Å²) in [6, 6.07) is 0. The maximum Gasteiger partial charge on any atom is 0.490 e. The molecule has 0 atom stereocenters. The zero-order valence-electron chi connectivity index (χ0n) is 8.63. The molecule has 0 aliphatic carbocycles. The average Bonchev–Trinajstić information content (AvgIpc) is 2.15. The number of carbonyl (C=O) groups excluding carboxylic acids is 1. The molecule has 2 aliphatic rings. The standard InChI is InChI=1S/C6H10N2O2.C2HF3O2/c9-5-1-10-4-6(8-5)2-7-3-6;3-2(4,5)1(6)7/h7H,1-4H2,(H,8,9);(H,6,7). The van der Waals surface area contributed by atoms with Gasteiger partial charge in [-0.15, -0.1) is 0 Å². The molecule has 17 heavy (non-hydrogen) atoms. The first-order chi connectivity index (χ1) is 7.75. The van der Waals surface area contributed by atoms with Crippen molar-refractivity contribution in [2.45, 2.75) is 11.7 Å². The van der Waals surface area contributed by atoms with E-state index in [-0.39, 0.29) is 18.1 Å². The monoisotopic (exact) mass is 256 g/mol. The molecule has 6 nitrogen and oxygen atoms in total. The predicted molar refractivity (Wildman–Crippen MR) is 48.3 cm³/mol. The normalized spacial score (nSPS) is 21.9. The van der Waals surface area contributed by atoms with Crippen molar-refractivity contribution in [1.82, 2.24) is 10.6 Å². The van der Waals surface area contributed by atoms with Crippen molar-refractivity contribution >= 4 is 11.9 Å². The summed E-state index contributed by atoms with van der Waals surface area (Å²) in [5.74, 6) is -2.75. The quantitative estimate of drug-likeness (QED) is 0.523. The van der Waals surface area contributed by atoms with Gasteiger partial charge in [-0.05, 0) is 0 Å². The van der Waals surface area contributed by atoms with Gasteiger partial charge in [-0.2, -0.15) is 13.2 Å². The maximum absolute atomic E-state index is 10.8. The van der Waals surface area contributed by atoms with Gasteiger partial charge in [-0.1, -0.05) is 0 Å². The largest absolute Gasteiger partial charge is 0.490 e. The fraction of sp³-hybridized carbons (Fsp3) is 0.750. The zero-order valence-corrected chi connectivity index (χ0v) is 8.63. The Bertz CT molecular complexity index is 314. The molecule has 3 N–H and O–H groups in total. The van der Waals surface area contributed by atoms with Crippen molar-refractivity contribution in [2.75, 3.05) is 26.3 Å². The fourth-order valence-corrected chi connectivity index (χ4v) is 1.32. The van der Waals surface area contributed by atoms with E-state index in [9.17, 15) is 18.0 Å². The van der Waals surface area contributed by atoms with Gasteiger partial charge in [0.05, 0.1) is 12.1 Å². The Morgan fingerprint density at radius 2 is 1.94 bits per heavy atom. The number of rotatable bonds is 0. The summed E-state index contributed by atoms with van der Waals surface area (Å²) in [4.78, 5) is 19.7. The number of ether oxygens (including phenoxy) is 1. The highest BCUT2D eigenvalue weighted by atomic mass is 19.4. The Balaban J connectivity index is 0.000000185. The van der Waals surface area contributed by atoms with E-state index >= 15 is 0 Å². The molecule has 2 rings (SSSR count). The molecule has 2 aliphatic heterocycles. The number of hydrogen-bond acceptors (Lipinski definition) is 4. The van der Waals surface area contributed by atoms with Crippen LogP contribution in [-0.4, -0.2) is 55.0 Å². The summed E-state index contributed by atoms with van der Waals surface area (Å²) >= 11 is 0. The highest BCUT2D eigenvalue weighted by Crippen LogP contribution is 2.14. The van der Waals surface area contributed by atoms with E-state index in [2.05, 4.69) is 10.6 Å². The molecule has 2 saturated heterocycles. The van der Waals surface area contributed by atoms with Gasteiger partial charge in [0.2, 0.25) is 5.91 Å². The first kappa shape index (κ1) is 13.7. The minimum absolute atomic E-state index is 0.00718. The van der Waals surface area contributed by atoms with Crippen LogP contribution in [0.4, 0.5) is 13.2 Å². The molecule has 0 saturated carbocycles. The molecule has 1 amide bonds. The van der Waals surface area contributed by atoms with E-state index in [0.717, 1.165) is 13.1 Å². The number of hydrogen-bond donors (Lipinski definition) is 3. The van der Waals surface area contributed by atoms with Crippen LogP contribution in [0.15, 0.2) is 0 Å². The molecule has 98 valence electrons. The minimum Gasteiger partial charge on any atom is -0.475 e. The van der Waals surface area contributed by atoms with Gasteiger partial charge < -0.3 is 20.5 Å². The summed E-state index contributed by atoms with van der Waals surface area (Å²) in [5.41, 5.74) is -0.0602. The number of carboxylic acid groups (broad SMARTS) is 1. The third kappa shape index (κ3) is 3.86. The molecule has 2 fully saturated rings. The van der Waals surface area contributed by atoms with E-state index < -0.39 is 12.1 Å². The number of halogens is 3. The van der Waals surface area contributed by atoms with Gasteiger partial charge in [0, 0.05) is 13.1 Å². The average molecular weight is 256 g/mol. The number of carboxylic acids is 1. The molecule has 0 radical (unpaired) electrons. The fourth-order valence-electron chi connectivity index (χ4n) is 1.32. The first-order valence-corrected chi connectivity index (χ1v) is 4.65. The van der Waals surface area contributed by atoms with E-state index in [1.165, 1.54) is 0 Å². The first-order valence-electron chi connectivity index (χ1n) is 4.65. The lowest BCUT2D eigenvalue weighted by molar-refractivity contribution is -0.192. The van der Waals surface area contributed by atoms with Crippen LogP contribution in [-0.2, 0) is 14.3 Å². The van der Waals surface area contributed by atoms with Crippen molar-refractivity contribution in [3.63, 3.8) is 0 Å². The van der Waals surface area contributed by atoms with E-state index in [0.29, 0.717) is 6.61 Å². The lowest BCUT2D eigenvalue weighted by Crippen LogP contribution is -2.73. The molecule has 0 aromatic heterocycles. The van der Waals surface area contributed by atoms with E-state index in [1.807, 2.05) is 0 Å². The molecular weight excluding hydrogens is 245 g/mol. The van der Waals surface area contributed by atoms with Crippen LogP contribution < -0.4 is 10.6 Å². The summed E-state index contributed by atoms with van der Waals surface area (Å²) in [5, 5.41) is 13.1. The molecule has 1 spiro atoms. The van der Waals surface area contributed by atoms with Crippen molar-refractivity contribution in [1.29, 1.82) is 0 Å². The van der Waals surface area contributed by atoms with Crippen LogP contribution in [0.1, 0.15) is 0 Å². The molecule has 0 bridgehead atoms. The van der Waals surface area contributed by atoms with Crippen LogP contribution in [0.2, 0.25) is 0 Å². The Hall–Kier alpha value is -1.35. The summed E-state index contributed by atoms with van der Waals surface area (Å²) in [6.07, 6.45) is -5.08. The van der Waals surface area contributed by atoms with Crippen LogP contribution in [0.25, 0.3) is 0 Å². The van der Waals surface area contributed by atoms with Gasteiger partial charge in [0.1, 0.15) is 6.61 Å². The minimum atomic E-state index is -5.08. The van der Waals surface area contributed by atoms with Crippen molar-refractivity contribution in [3.05, 3.63) is 0 Å². The lowest BCUT2D eigenvalue weighted by Gasteiger charge is -2.45. The highest BCUT2D eigenvalue weighted by molar-refractivity contribution is 5.79. The molecule has 0 aromatic carbocycles. The van der Waals surface area contributed by atoms with Gasteiger partial charge >= 0.3 is 12.1 Å². The van der Waals surface area contributed by atoms with Crippen LogP contribution in [0.5, 0.6) is 0 Å². The van der Waals surface area contributed by atoms with Gasteiger partial charge in [-0.3, -0.25) is 4.79 Å². The van der Waals surface area contributed by atoms with Crippen molar-refractivity contribution in [2.24, 2.45) is 0 Å². The smallest absolute Gasteiger partial charge is 0.475 e. The van der Waals surface area contributed by atoms with Gasteiger partial charge in [-0.25, -0.2) is 4.79 Å². The topological polar surface area (TPSA) is 87.7 Å². The maximum atomic E-state index is 10.8. The highest BCUT2D eigenvalue weighted by Gasteiger charge is 2.41. The van der Waals surface area contributed by atoms with E-state index in [1.54, 1.807) is 0 Å². The second kappa shape index (κ2) is 4.88. The SMILES string of the molecule is O=C(O)C(F)(F)F.O=C1COCC2(CNC2)N1. The summed E-state index contributed by atoms with van der Waals surface area (Å²) < 4.78 is 36.8. The number of nitrogens with one attached hydrogen (secondary N) is 2. The number of carbonyl (C=O) groups is 2. The third-order valence-electron chi connectivity index (χ3n) is 2.19. The van der Waals surface area contributed by atoms with Gasteiger partial charge in [0.15, 0.2) is 0 Å². The molecule has 0 unspecified atom stereocenters. The summed E-state index contributed by atoms with van der Waals surface area (Å²) in [7, 11) is 0. The van der Waals surface area contributed by atoms with E-state index in [4.69, 9.17) is 14.6 Å². The Labute approximate surface area is 94.1 Å². The number of morpholine rings is 1. The Morgan fingerprint density at radius 3 is 2.18 bits per heavy atom. The number of amides is 1. The molecular formula is C8H11F3N2O4. The predicted octanol–water partition coefficient (Wildman–Crippen LogP) is -0.892. The second-order valence-electron chi connectivity index (χ2n) is 3.73. The van der Waals surface area contributed by atoms with Crippen molar-refractivity contribution < 1.29 is 32.6 Å². The van der Waals surface area contributed by atoms with Gasteiger partial charge in [0.25, 0.3) is 0 Å². The molecule has 9 heteroatoms. The number of aliphatic carboxylic acids is 1. The van der Waals surface area contributed by atoms with Crippen molar-refractivity contribution in [3.8, 4) is 0 Å². The second-order valence-corrected chi connectivity index (χ2v) is 3.73. The summed E-state index contributed by atoms with van der Waals surface area (Å²) in [6.45, 7) is 2.57. The Kier molecular flexibility index (Phi) is 3.94. The number of alkyl halides is 3.